The Morgan fingerprint density at radius 1 is 1.32 bits per heavy atom. The summed E-state index contributed by atoms with van der Waals surface area (Å²) in [5, 5.41) is 14.5. The van der Waals surface area contributed by atoms with Crippen molar-refractivity contribution in [3.63, 3.8) is 0 Å². The molecule has 2 aromatic rings. The number of carbonyl (C=O) groups is 2. The molecular weight excluding hydrogens is 411 g/mol. The van der Waals surface area contributed by atoms with Gasteiger partial charge in [-0.1, -0.05) is 12.1 Å². The summed E-state index contributed by atoms with van der Waals surface area (Å²) >= 11 is 0. The largest absolute Gasteiger partial charge is 0.377 e. The summed E-state index contributed by atoms with van der Waals surface area (Å²) in [5.74, 6) is -4.86. The van der Waals surface area contributed by atoms with Crippen molar-refractivity contribution in [2.75, 3.05) is 18.4 Å². The van der Waals surface area contributed by atoms with Gasteiger partial charge in [0.15, 0.2) is 0 Å². The van der Waals surface area contributed by atoms with Crippen molar-refractivity contribution in [1.82, 2.24) is 15.2 Å². The van der Waals surface area contributed by atoms with E-state index in [1.54, 1.807) is 18.2 Å². The van der Waals surface area contributed by atoms with Gasteiger partial charge in [0.2, 0.25) is 5.91 Å². The van der Waals surface area contributed by atoms with Crippen LogP contribution < -0.4 is 10.6 Å². The van der Waals surface area contributed by atoms with Gasteiger partial charge in [-0.25, -0.2) is 13.2 Å². The van der Waals surface area contributed by atoms with Gasteiger partial charge in [0, 0.05) is 18.7 Å². The Labute approximate surface area is 176 Å². The Morgan fingerprint density at radius 2 is 2.03 bits per heavy atom. The predicted octanol–water partition coefficient (Wildman–Crippen LogP) is 2.88. The Hall–Kier alpha value is -3.61. The molecule has 7 nitrogen and oxygen atoms in total. The quantitative estimate of drug-likeness (QED) is 0.733. The maximum Gasteiger partial charge on any atom is 0.268 e. The lowest BCUT2D eigenvalue weighted by Crippen LogP contribution is -2.43. The van der Waals surface area contributed by atoms with Gasteiger partial charge in [-0.05, 0) is 30.7 Å². The number of aromatic nitrogens is 1. The van der Waals surface area contributed by atoms with Gasteiger partial charge in [0.05, 0.1) is 36.6 Å². The van der Waals surface area contributed by atoms with Crippen molar-refractivity contribution in [1.29, 1.82) is 5.26 Å². The number of halogens is 3. The van der Waals surface area contributed by atoms with Crippen LogP contribution in [-0.4, -0.2) is 46.8 Å². The molecule has 1 aromatic carbocycles. The number of amides is 2. The molecule has 0 unspecified atom stereocenters. The molecule has 1 aliphatic heterocycles. The maximum absolute atomic E-state index is 13.5. The smallest absolute Gasteiger partial charge is 0.268 e. The molecule has 0 spiro atoms. The van der Waals surface area contributed by atoms with E-state index in [2.05, 4.69) is 15.6 Å². The van der Waals surface area contributed by atoms with Gasteiger partial charge < -0.3 is 15.5 Å². The summed E-state index contributed by atoms with van der Waals surface area (Å²) < 4.78 is 40.2. The average molecular weight is 431 g/mol. The summed E-state index contributed by atoms with van der Waals surface area (Å²) in [6, 6.07) is 7.50. The topological polar surface area (TPSA) is 98.1 Å². The number of alkyl halides is 2. The van der Waals surface area contributed by atoms with Crippen LogP contribution in [0.1, 0.15) is 35.3 Å². The lowest BCUT2D eigenvalue weighted by atomic mass is 10.1. The third-order valence-corrected chi connectivity index (χ3v) is 4.95. The van der Waals surface area contributed by atoms with E-state index in [9.17, 15) is 22.8 Å². The van der Waals surface area contributed by atoms with E-state index in [4.69, 9.17) is 5.26 Å². The minimum Gasteiger partial charge on any atom is -0.377 e. The monoisotopic (exact) mass is 431 g/mol. The van der Waals surface area contributed by atoms with Gasteiger partial charge in [0.25, 0.3) is 11.8 Å². The minimum absolute atomic E-state index is 0.195. The minimum atomic E-state index is -3.13. The highest BCUT2D eigenvalue weighted by Crippen LogP contribution is 2.31. The SMILES string of the molecule is C[C@H](Nc1cnccc1C(=O)NCC(=O)N1CC(F)(F)C[C@H]1C#N)c1ccc(F)cc1. The van der Waals surface area contributed by atoms with Crippen molar-refractivity contribution in [3.05, 3.63) is 59.7 Å². The Balaban J connectivity index is 1.65. The molecule has 1 saturated heterocycles. The van der Waals surface area contributed by atoms with E-state index in [1.165, 1.54) is 30.6 Å². The molecular formula is C21H20F3N5O2. The van der Waals surface area contributed by atoms with Crippen LogP contribution in [0.3, 0.4) is 0 Å². The molecule has 2 atom stereocenters. The number of hydrogen-bond donors (Lipinski definition) is 2. The molecule has 0 bridgehead atoms. The van der Waals surface area contributed by atoms with Gasteiger partial charge in [-0.3, -0.25) is 14.6 Å². The van der Waals surface area contributed by atoms with Gasteiger partial charge in [-0.2, -0.15) is 5.26 Å². The van der Waals surface area contributed by atoms with Crippen LogP contribution in [0.25, 0.3) is 0 Å². The van der Waals surface area contributed by atoms with Crippen LogP contribution in [0.2, 0.25) is 0 Å². The van der Waals surface area contributed by atoms with Crippen LogP contribution in [0, 0.1) is 17.1 Å². The van der Waals surface area contributed by atoms with E-state index in [1.807, 2.05) is 6.92 Å². The number of anilines is 1. The zero-order valence-corrected chi connectivity index (χ0v) is 16.6. The molecule has 3 rings (SSSR count). The number of hydrogen-bond acceptors (Lipinski definition) is 5. The van der Waals surface area contributed by atoms with Crippen LogP contribution >= 0.6 is 0 Å². The summed E-state index contributed by atoms with van der Waals surface area (Å²) in [6.07, 6.45) is 2.11. The number of nitriles is 1. The summed E-state index contributed by atoms with van der Waals surface area (Å²) in [4.78, 5) is 29.7. The standard InChI is InChI=1S/C21H20F3N5O2/c1-13(14-2-4-15(22)5-3-14)28-18-10-26-7-6-17(18)20(31)27-11-19(30)29-12-21(23,24)8-16(29)9-25/h2-7,10,13,16,28H,8,11-12H2,1H3,(H,27,31)/t13-,16-/m0/s1. The molecule has 0 radical (unpaired) electrons. The third kappa shape index (κ3) is 5.31. The van der Waals surface area contributed by atoms with Crippen LogP contribution in [0.5, 0.6) is 0 Å². The predicted molar refractivity (Wildman–Crippen MR) is 106 cm³/mol. The first kappa shape index (κ1) is 22.1. The van der Waals surface area contributed by atoms with E-state index in [0.29, 0.717) is 5.69 Å². The highest BCUT2D eigenvalue weighted by molar-refractivity contribution is 6.01. The second-order valence-corrected chi connectivity index (χ2v) is 7.25. The molecule has 31 heavy (non-hydrogen) atoms. The second-order valence-electron chi connectivity index (χ2n) is 7.25. The van der Waals surface area contributed by atoms with E-state index in [-0.39, 0.29) is 17.4 Å². The molecule has 2 amide bonds. The van der Waals surface area contributed by atoms with Gasteiger partial charge >= 0.3 is 0 Å². The summed E-state index contributed by atoms with van der Waals surface area (Å²) in [6.45, 7) is 0.445. The molecule has 10 heteroatoms. The number of pyridine rings is 1. The fourth-order valence-corrected chi connectivity index (χ4v) is 3.32. The maximum atomic E-state index is 13.5. The lowest BCUT2D eigenvalue weighted by Gasteiger charge is -2.20. The fourth-order valence-electron chi connectivity index (χ4n) is 3.32. The first-order chi connectivity index (χ1) is 14.7. The Bertz CT molecular complexity index is 1010. The van der Waals surface area contributed by atoms with Gasteiger partial charge in [-0.15, -0.1) is 0 Å². The normalized spacial score (nSPS) is 18.2. The Kier molecular flexibility index (Phi) is 6.44. The molecule has 2 heterocycles. The number of likely N-dealkylation sites (tertiary alicyclic amines) is 1. The average Bonchev–Trinajstić information content (AvgIpc) is 3.07. The molecule has 2 N–H and O–H groups in total. The molecule has 0 saturated carbocycles. The van der Waals surface area contributed by atoms with E-state index < -0.39 is 43.3 Å². The summed E-state index contributed by atoms with van der Waals surface area (Å²) in [7, 11) is 0. The second kappa shape index (κ2) is 9.04. The van der Waals surface area contributed by atoms with Crippen molar-refractivity contribution in [3.8, 4) is 6.07 Å². The van der Waals surface area contributed by atoms with E-state index >= 15 is 0 Å². The zero-order valence-electron chi connectivity index (χ0n) is 16.6. The van der Waals surface area contributed by atoms with Crippen molar-refractivity contribution in [2.24, 2.45) is 0 Å². The Morgan fingerprint density at radius 3 is 2.71 bits per heavy atom. The van der Waals surface area contributed by atoms with Crippen LogP contribution in [0.15, 0.2) is 42.7 Å². The molecule has 1 fully saturated rings. The lowest BCUT2D eigenvalue weighted by molar-refractivity contribution is -0.131. The fraction of sp³-hybridized carbons (Fsp3) is 0.333. The number of rotatable bonds is 6. The third-order valence-electron chi connectivity index (χ3n) is 4.95. The van der Waals surface area contributed by atoms with Crippen LogP contribution in [-0.2, 0) is 4.79 Å². The first-order valence-electron chi connectivity index (χ1n) is 9.51. The van der Waals surface area contributed by atoms with Crippen molar-refractivity contribution in [2.45, 2.75) is 31.4 Å². The van der Waals surface area contributed by atoms with Crippen molar-refractivity contribution >= 4 is 17.5 Å². The summed E-state index contributed by atoms with van der Waals surface area (Å²) in [5.41, 5.74) is 1.36. The van der Waals surface area contributed by atoms with E-state index in [0.717, 1.165) is 10.5 Å². The highest BCUT2D eigenvalue weighted by atomic mass is 19.3. The molecule has 1 aliphatic rings. The molecule has 162 valence electrons. The van der Waals surface area contributed by atoms with Gasteiger partial charge in [0.1, 0.15) is 11.9 Å². The highest BCUT2D eigenvalue weighted by Gasteiger charge is 2.47. The number of nitrogens with one attached hydrogen (secondary N) is 2. The zero-order chi connectivity index (χ0) is 22.6. The van der Waals surface area contributed by atoms with Crippen molar-refractivity contribution < 1.29 is 22.8 Å². The first-order valence-corrected chi connectivity index (χ1v) is 9.51. The number of nitrogens with zero attached hydrogens (tertiary/aromatic N) is 3. The van der Waals surface area contributed by atoms with Crippen LogP contribution in [0.4, 0.5) is 18.9 Å². The number of carbonyl (C=O) groups excluding carboxylic acids is 2. The molecule has 0 aliphatic carbocycles. The number of benzene rings is 1. The molecule has 1 aromatic heterocycles.